The highest BCUT2D eigenvalue weighted by molar-refractivity contribution is 5.80. The fourth-order valence-electron chi connectivity index (χ4n) is 1.31. The second-order valence-corrected chi connectivity index (χ2v) is 3.47. The van der Waals surface area contributed by atoms with Crippen molar-refractivity contribution in [3.05, 3.63) is 0 Å². The predicted octanol–water partition coefficient (Wildman–Crippen LogP) is 0.0417. The molecule has 4 heteroatoms. The van der Waals surface area contributed by atoms with E-state index in [-0.39, 0.29) is 5.54 Å². The first kappa shape index (κ1) is 9.32. The van der Waals surface area contributed by atoms with E-state index in [9.17, 15) is 0 Å². The summed E-state index contributed by atoms with van der Waals surface area (Å²) >= 11 is 0. The fourth-order valence-corrected chi connectivity index (χ4v) is 1.31. The zero-order valence-corrected chi connectivity index (χ0v) is 8.00. The summed E-state index contributed by atoms with van der Waals surface area (Å²) in [7, 11) is 3.68. The minimum absolute atomic E-state index is 0.0556. The van der Waals surface area contributed by atoms with E-state index in [1.807, 2.05) is 11.9 Å². The zero-order valence-electron chi connectivity index (χ0n) is 8.00. The van der Waals surface area contributed by atoms with Gasteiger partial charge >= 0.3 is 0 Å². The first-order chi connectivity index (χ1) is 5.60. The number of ether oxygens (including phenoxy) is 1. The van der Waals surface area contributed by atoms with E-state index in [2.05, 4.69) is 11.9 Å². The molecule has 0 spiro atoms. The molecule has 1 unspecified atom stereocenters. The smallest absolute Gasteiger partial charge is 0.191 e. The van der Waals surface area contributed by atoms with Crippen molar-refractivity contribution < 1.29 is 4.74 Å². The van der Waals surface area contributed by atoms with Gasteiger partial charge in [-0.05, 0) is 13.3 Å². The normalized spacial score (nSPS) is 29.2. The van der Waals surface area contributed by atoms with Crippen LogP contribution in [0.5, 0.6) is 0 Å². The lowest BCUT2D eigenvalue weighted by Crippen LogP contribution is -2.47. The van der Waals surface area contributed by atoms with Crippen LogP contribution in [-0.2, 0) is 4.74 Å². The quantitative estimate of drug-likeness (QED) is 0.652. The van der Waals surface area contributed by atoms with Gasteiger partial charge in [-0.3, -0.25) is 4.99 Å². The zero-order chi connectivity index (χ0) is 9.19. The van der Waals surface area contributed by atoms with E-state index >= 15 is 0 Å². The molecule has 4 nitrogen and oxygen atoms in total. The van der Waals surface area contributed by atoms with Gasteiger partial charge in [0.1, 0.15) is 0 Å². The molecule has 1 aliphatic heterocycles. The SMILES string of the molecule is COCCC1(C)CN=C(N)N1C. The van der Waals surface area contributed by atoms with Gasteiger partial charge in [-0.1, -0.05) is 0 Å². The van der Waals surface area contributed by atoms with Crippen LogP contribution in [0.3, 0.4) is 0 Å². The number of guanidine groups is 1. The van der Waals surface area contributed by atoms with Crippen molar-refractivity contribution >= 4 is 5.96 Å². The molecule has 0 saturated heterocycles. The third-order valence-electron chi connectivity index (χ3n) is 2.58. The van der Waals surface area contributed by atoms with Crippen LogP contribution in [0, 0.1) is 0 Å². The first-order valence-electron chi connectivity index (χ1n) is 4.13. The molecule has 0 aromatic carbocycles. The Morgan fingerprint density at radius 2 is 2.42 bits per heavy atom. The van der Waals surface area contributed by atoms with Crippen molar-refractivity contribution in [3.8, 4) is 0 Å². The standard InChI is InChI=1S/C8H17N3O/c1-8(4-5-12-3)6-10-7(9)11(8)2/h4-6H2,1-3H3,(H2,9,10). The van der Waals surface area contributed by atoms with Crippen LogP contribution in [0.15, 0.2) is 4.99 Å². The minimum Gasteiger partial charge on any atom is -0.385 e. The average molecular weight is 171 g/mol. The molecule has 0 bridgehead atoms. The maximum absolute atomic E-state index is 5.66. The number of likely N-dealkylation sites (N-methyl/N-ethyl adjacent to an activating group) is 1. The van der Waals surface area contributed by atoms with Gasteiger partial charge in [-0.15, -0.1) is 0 Å². The number of hydrogen-bond donors (Lipinski definition) is 1. The topological polar surface area (TPSA) is 50.9 Å². The first-order valence-corrected chi connectivity index (χ1v) is 4.13. The molecule has 0 aromatic rings. The number of rotatable bonds is 3. The molecule has 0 saturated carbocycles. The van der Waals surface area contributed by atoms with E-state index in [1.54, 1.807) is 7.11 Å². The summed E-state index contributed by atoms with van der Waals surface area (Å²) in [6, 6.07) is 0. The number of hydrogen-bond acceptors (Lipinski definition) is 4. The lowest BCUT2D eigenvalue weighted by molar-refractivity contribution is 0.138. The summed E-state index contributed by atoms with van der Waals surface area (Å²) in [6.07, 6.45) is 0.962. The summed E-state index contributed by atoms with van der Waals surface area (Å²) in [4.78, 5) is 6.21. The second kappa shape index (κ2) is 3.31. The third-order valence-corrected chi connectivity index (χ3v) is 2.58. The van der Waals surface area contributed by atoms with Crippen molar-refractivity contribution in [2.24, 2.45) is 10.7 Å². The number of nitrogens with zero attached hydrogens (tertiary/aromatic N) is 2. The molecule has 0 aromatic heterocycles. The van der Waals surface area contributed by atoms with Gasteiger partial charge in [0.05, 0.1) is 12.1 Å². The van der Waals surface area contributed by atoms with Gasteiger partial charge in [0.2, 0.25) is 0 Å². The maximum atomic E-state index is 5.66. The van der Waals surface area contributed by atoms with Gasteiger partial charge in [-0.25, -0.2) is 0 Å². The molecular formula is C8H17N3O. The van der Waals surface area contributed by atoms with Gasteiger partial charge in [0, 0.05) is 20.8 Å². The summed E-state index contributed by atoms with van der Waals surface area (Å²) in [5, 5.41) is 0. The van der Waals surface area contributed by atoms with Crippen LogP contribution in [0.4, 0.5) is 0 Å². The largest absolute Gasteiger partial charge is 0.385 e. The fraction of sp³-hybridized carbons (Fsp3) is 0.875. The molecule has 0 amide bonds. The Morgan fingerprint density at radius 1 is 1.75 bits per heavy atom. The van der Waals surface area contributed by atoms with Gasteiger partial charge in [0.15, 0.2) is 5.96 Å². The number of methoxy groups -OCH3 is 1. The van der Waals surface area contributed by atoms with Crippen molar-refractivity contribution in [1.82, 2.24) is 4.90 Å². The summed E-state index contributed by atoms with van der Waals surface area (Å²) in [6.45, 7) is 3.68. The Balaban J connectivity index is 2.52. The maximum Gasteiger partial charge on any atom is 0.191 e. The van der Waals surface area contributed by atoms with E-state index < -0.39 is 0 Å². The highest BCUT2D eigenvalue weighted by Crippen LogP contribution is 2.22. The molecule has 0 fully saturated rings. The number of aliphatic imine (C=N–C) groups is 1. The van der Waals surface area contributed by atoms with Gasteiger partial charge < -0.3 is 15.4 Å². The Bertz CT molecular complexity index is 193. The predicted molar refractivity (Wildman–Crippen MR) is 49.2 cm³/mol. The lowest BCUT2D eigenvalue weighted by Gasteiger charge is -2.32. The highest BCUT2D eigenvalue weighted by atomic mass is 16.5. The Labute approximate surface area is 73.4 Å². The molecule has 1 rings (SSSR count). The molecule has 2 N–H and O–H groups in total. The van der Waals surface area contributed by atoms with Crippen molar-refractivity contribution in [2.75, 3.05) is 27.3 Å². The summed E-state index contributed by atoms with van der Waals surface area (Å²) in [5.74, 6) is 0.633. The Kier molecular flexibility index (Phi) is 2.57. The van der Waals surface area contributed by atoms with E-state index in [0.717, 1.165) is 19.6 Å². The molecule has 12 heavy (non-hydrogen) atoms. The van der Waals surface area contributed by atoms with Gasteiger partial charge in [0.25, 0.3) is 0 Å². The van der Waals surface area contributed by atoms with Crippen LogP contribution in [0.25, 0.3) is 0 Å². The Hall–Kier alpha value is -0.770. The van der Waals surface area contributed by atoms with Crippen LogP contribution < -0.4 is 5.73 Å². The summed E-state index contributed by atoms with van der Waals surface area (Å²) < 4.78 is 5.03. The van der Waals surface area contributed by atoms with E-state index in [1.165, 1.54) is 0 Å². The van der Waals surface area contributed by atoms with Crippen molar-refractivity contribution in [2.45, 2.75) is 18.9 Å². The van der Waals surface area contributed by atoms with Crippen LogP contribution in [-0.4, -0.2) is 43.7 Å². The Morgan fingerprint density at radius 3 is 2.83 bits per heavy atom. The van der Waals surface area contributed by atoms with Crippen LogP contribution in [0.2, 0.25) is 0 Å². The van der Waals surface area contributed by atoms with Gasteiger partial charge in [-0.2, -0.15) is 0 Å². The highest BCUT2D eigenvalue weighted by Gasteiger charge is 2.34. The van der Waals surface area contributed by atoms with Crippen molar-refractivity contribution in [1.29, 1.82) is 0 Å². The minimum atomic E-state index is 0.0556. The second-order valence-electron chi connectivity index (χ2n) is 3.47. The number of nitrogens with two attached hydrogens (primary N) is 1. The molecule has 0 aliphatic carbocycles. The molecular weight excluding hydrogens is 154 g/mol. The molecule has 1 atom stereocenters. The van der Waals surface area contributed by atoms with E-state index in [4.69, 9.17) is 10.5 Å². The van der Waals surface area contributed by atoms with Crippen molar-refractivity contribution in [3.63, 3.8) is 0 Å². The monoisotopic (exact) mass is 171 g/mol. The molecule has 1 aliphatic rings. The van der Waals surface area contributed by atoms with Crippen LogP contribution in [0.1, 0.15) is 13.3 Å². The molecule has 70 valence electrons. The molecule has 1 heterocycles. The molecule has 0 radical (unpaired) electrons. The lowest BCUT2D eigenvalue weighted by atomic mass is 9.98. The van der Waals surface area contributed by atoms with Crippen LogP contribution >= 0.6 is 0 Å². The average Bonchev–Trinajstić information content (AvgIpc) is 2.31. The van der Waals surface area contributed by atoms with E-state index in [0.29, 0.717) is 5.96 Å². The summed E-state index contributed by atoms with van der Waals surface area (Å²) in [5.41, 5.74) is 5.72. The third kappa shape index (κ3) is 1.53.